The van der Waals surface area contributed by atoms with E-state index in [1.165, 1.54) is 5.56 Å². The summed E-state index contributed by atoms with van der Waals surface area (Å²) in [5.41, 5.74) is 1.74. The summed E-state index contributed by atoms with van der Waals surface area (Å²) in [6.07, 6.45) is 0. The summed E-state index contributed by atoms with van der Waals surface area (Å²) < 4.78 is 23.4. The van der Waals surface area contributed by atoms with Gasteiger partial charge in [0.25, 0.3) is 5.91 Å². The Hall–Kier alpha value is -2.30. The van der Waals surface area contributed by atoms with Crippen LogP contribution in [0.5, 0.6) is 11.5 Å². The Labute approximate surface area is 165 Å². The minimum Gasteiger partial charge on any atom is -0.454 e. The van der Waals surface area contributed by atoms with Crippen LogP contribution in [0, 0.1) is 0 Å². The van der Waals surface area contributed by atoms with Gasteiger partial charge in [0.15, 0.2) is 11.5 Å². The van der Waals surface area contributed by atoms with Crippen molar-refractivity contribution in [2.24, 2.45) is 0 Å². The van der Waals surface area contributed by atoms with Gasteiger partial charge in [-0.1, -0.05) is 24.3 Å². The van der Waals surface area contributed by atoms with Gasteiger partial charge in [0.2, 0.25) is 6.79 Å². The van der Waals surface area contributed by atoms with E-state index < -0.39 is 7.14 Å². The summed E-state index contributed by atoms with van der Waals surface area (Å²) in [7, 11) is -2.51. The Balaban J connectivity index is 1.39. The number of hydrogen-bond donors (Lipinski definition) is 0. The third-order valence-corrected chi connectivity index (χ3v) is 6.77. The molecule has 0 aromatic heterocycles. The zero-order valence-corrected chi connectivity index (χ0v) is 17.2. The number of benzene rings is 2. The van der Waals surface area contributed by atoms with Gasteiger partial charge >= 0.3 is 0 Å². The number of fused-ring (bicyclic) bond motifs is 1. The predicted molar refractivity (Wildman–Crippen MR) is 109 cm³/mol. The molecule has 1 amide bonds. The molecule has 2 aliphatic rings. The van der Waals surface area contributed by atoms with Crippen LogP contribution in [-0.4, -0.2) is 62.0 Å². The molecule has 0 aliphatic carbocycles. The average molecular weight is 400 g/mol. The van der Waals surface area contributed by atoms with E-state index >= 15 is 0 Å². The van der Waals surface area contributed by atoms with Gasteiger partial charge in [-0.25, -0.2) is 0 Å². The molecular formula is C21H25N2O4P. The molecule has 28 heavy (non-hydrogen) atoms. The first kappa shape index (κ1) is 19.0. The second kappa shape index (κ2) is 7.61. The van der Waals surface area contributed by atoms with Crippen molar-refractivity contribution < 1.29 is 18.8 Å². The van der Waals surface area contributed by atoms with E-state index in [0.29, 0.717) is 24.0 Å². The van der Waals surface area contributed by atoms with E-state index in [2.05, 4.69) is 11.0 Å². The molecule has 0 saturated carbocycles. The fourth-order valence-corrected chi connectivity index (χ4v) is 4.90. The lowest BCUT2D eigenvalue weighted by molar-refractivity contribution is 0.0629. The molecule has 0 atom stereocenters. The first-order valence-electron chi connectivity index (χ1n) is 9.46. The molecule has 1 fully saturated rings. The first-order valence-corrected chi connectivity index (χ1v) is 12.1. The molecule has 2 heterocycles. The summed E-state index contributed by atoms with van der Waals surface area (Å²) in [5, 5.41) is 0.669. The average Bonchev–Trinajstić information content (AvgIpc) is 3.15. The number of nitrogens with zero attached hydrogens (tertiary/aromatic N) is 2. The third-order valence-electron chi connectivity index (χ3n) is 5.22. The number of rotatable bonds is 4. The maximum Gasteiger partial charge on any atom is 0.254 e. The van der Waals surface area contributed by atoms with Crippen molar-refractivity contribution in [3.05, 3.63) is 53.6 Å². The number of ether oxygens (including phenoxy) is 2. The van der Waals surface area contributed by atoms with E-state index in [1.807, 2.05) is 35.2 Å². The quantitative estimate of drug-likeness (QED) is 0.739. The van der Waals surface area contributed by atoms with E-state index in [-0.39, 0.29) is 12.7 Å². The molecule has 2 aliphatic heterocycles. The highest BCUT2D eigenvalue weighted by molar-refractivity contribution is 7.70. The van der Waals surface area contributed by atoms with Crippen molar-refractivity contribution in [1.82, 2.24) is 9.80 Å². The zero-order valence-electron chi connectivity index (χ0n) is 16.3. The van der Waals surface area contributed by atoms with Crippen LogP contribution in [0.4, 0.5) is 0 Å². The van der Waals surface area contributed by atoms with Gasteiger partial charge in [-0.15, -0.1) is 0 Å². The molecule has 6 nitrogen and oxygen atoms in total. The molecule has 2 aromatic rings. The highest BCUT2D eigenvalue weighted by atomic mass is 31.2. The molecule has 0 radical (unpaired) electrons. The standard InChI is InChI=1S/C21H25N2O4P/c1-28(2,25)20-6-4-3-5-17(20)21(24)23-11-9-22(10-12-23)14-16-7-8-18-19(13-16)27-15-26-18/h3-8,13H,9-12,14-15H2,1-2H3. The van der Waals surface area contributed by atoms with Gasteiger partial charge in [-0.3, -0.25) is 9.69 Å². The third kappa shape index (κ3) is 3.94. The molecule has 1 saturated heterocycles. The first-order chi connectivity index (χ1) is 13.4. The second-order valence-corrected chi connectivity index (χ2v) is 10.8. The monoisotopic (exact) mass is 400 g/mol. The molecule has 0 unspecified atom stereocenters. The van der Waals surface area contributed by atoms with E-state index in [9.17, 15) is 9.36 Å². The van der Waals surface area contributed by atoms with Gasteiger partial charge in [-0.2, -0.15) is 0 Å². The van der Waals surface area contributed by atoms with Crippen molar-refractivity contribution >= 4 is 18.4 Å². The van der Waals surface area contributed by atoms with Crippen LogP contribution in [0.25, 0.3) is 0 Å². The van der Waals surface area contributed by atoms with Crippen LogP contribution in [0.2, 0.25) is 0 Å². The number of carbonyl (C=O) groups is 1. The number of piperazine rings is 1. The van der Waals surface area contributed by atoms with Gasteiger partial charge in [0.05, 0.1) is 5.56 Å². The minimum atomic E-state index is -2.51. The van der Waals surface area contributed by atoms with Crippen molar-refractivity contribution in [2.75, 3.05) is 46.3 Å². The Morgan fingerprint density at radius 1 is 1.00 bits per heavy atom. The van der Waals surface area contributed by atoms with Gasteiger partial charge in [0, 0.05) is 38.0 Å². The summed E-state index contributed by atoms with van der Waals surface area (Å²) in [6, 6.07) is 13.3. The molecule has 4 rings (SSSR count). The smallest absolute Gasteiger partial charge is 0.254 e. The molecule has 0 bridgehead atoms. The topological polar surface area (TPSA) is 59.1 Å². The largest absolute Gasteiger partial charge is 0.454 e. The van der Waals surface area contributed by atoms with Crippen molar-refractivity contribution in [2.45, 2.75) is 6.54 Å². The van der Waals surface area contributed by atoms with Crippen LogP contribution in [0.15, 0.2) is 42.5 Å². The van der Waals surface area contributed by atoms with Gasteiger partial charge < -0.3 is 18.9 Å². The number of amides is 1. The normalized spacial score (nSPS) is 17.0. The zero-order chi connectivity index (χ0) is 19.7. The molecular weight excluding hydrogens is 375 g/mol. The maximum absolute atomic E-state index is 13.0. The van der Waals surface area contributed by atoms with Gasteiger partial charge in [-0.05, 0) is 37.1 Å². The molecule has 0 spiro atoms. The van der Waals surface area contributed by atoms with Gasteiger partial charge in [0.1, 0.15) is 7.14 Å². The SMILES string of the molecule is CP(C)(=O)c1ccccc1C(=O)N1CCN(Cc2ccc3c(c2)OCO3)CC1. The molecule has 148 valence electrons. The lowest BCUT2D eigenvalue weighted by atomic mass is 10.1. The van der Waals surface area contributed by atoms with Crippen molar-refractivity contribution in [1.29, 1.82) is 0 Å². The van der Waals surface area contributed by atoms with E-state index in [1.54, 1.807) is 19.4 Å². The van der Waals surface area contributed by atoms with Crippen LogP contribution >= 0.6 is 7.14 Å². The van der Waals surface area contributed by atoms with Crippen LogP contribution in [0.3, 0.4) is 0 Å². The highest BCUT2D eigenvalue weighted by Crippen LogP contribution is 2.36. The Kier molecular flexibility index (Phi) is 5.17. The Morgan fingerprint density at radius 3 is 2.46 bits per heavy atom. The van der Waals surface area contributed by atoms with E-state index in [4.69, 9.17) is 9.47 Å². The fraction of sp³-hybridized carbons (Fsp3) is 0.381. The molecule has 0 N–H and O–H groups in total. The fourth-order valence-electron chi connectivity index (χ4n) is 3.70. The van der Waals surface area contributed by atoms with Crippen molar-refractivity contribution in [3.8, 4) is 11.5 Å². The summed E-state index contributed by atoms with van der Waals surface area (Å²) >= 11 is 0. The van der Waals surface area contributed by atoms with Crippen molar-refractivity contribution in [3.63, 3.8) is 0 Å². The molecule has 7 heteroatoms. The molecule has 2 aromatic carbocycles. The van der Waals surface area contributed by atoms with Crippen LogP contribution < -0.4 is 14.8 Å². The summed E-state index contributed by atoms with van der Waals surface area (Å²) in [4.78, 5) is 17.2. The Bertz CT molecular complexity index is 932. The maximum atomic E-state index is 13.0. The number of carbonyl (C=O) groups excluding carboxylic acids is 1. The second-order valence-electron chi connectivity index (χ2n) is 7.62. The number of hydrogen-bond acceptors (Lipinski definition) is 5. The highest BCUT2D eigenvalue weighted by Gasteiger charge is 2.26. The predicted octanol–water partition coefficient (Wildman–Crippen LogP) is 2.62. The van der Waals surface area contributed by atoms with Crippen LogP contribution in [-0.2, 0) is 11.1 Å². The Morgan fingerprint density at radius 2 is 1.71 bits per heavy atom. The van der Waals surface area contributed by atoms with E-state index in [0.717, 1.165) is 31.1 Å². The van der Waals surface area contributed by atoms with Crippen LogP contribution in [0.1, 0.15) is 15.9 Å². The summed E-state index contributed by atoms with van der Waals surface area (Å²) in [6.45, 7) is 7.45. The minimum absolute atomic E-state index is 0.0257. The lowest BCUT2D eigenvalue weighted by Crippen LogP contribution is -2.49. The lowest BCUT2D eigenvalue weighted by Gasteiger charge is -2.35. The summed E-state index contributed by atoms with van der Waals surface area (Å²) in [5.74, 6) is 1.57.